The molecule has 0 saturated carbocycles. The molecule has 0 aliphatic heterocycles. The Bertz CT molecular complexity index is 1930. The van der Waals surface area contributed by atoms with E-state index < -0.39 is 24.3 Å². The van der Waals surface area contributed by atoms with E-state index in [4.69, 9.17) is 18.9 Å². The number of aliphatic carboxylic acids is 1. The smallest absolute Gasteiger partial charge is 0.361 e. The van der Waals surface area contributed by atoms with E-state index in [0.29, 0.717) is 17.4 Å². The van der Waals surface area contributed by atoms with Gasteiger partial charge in [-0.2, -0.15) is 0 Å². The van der Waals surface area contributed by atoms with Gasteiger partial charge in [-0.15, -0.1) is 0 Å². The lowest BCUT2D eigenvalue weighted by Crippen LogP contribution is -2.40. The van der Waals surface area contributed by atoms with Crippen LogP contribution in [-0.4, -0.2) is 87.4 Å². The zero-order chi connectivity index (χ0) is 64.7. The first-order valence-electron chi connectivity index (χ1n) is 36.3. The van der Waals surface area contributed by atoms with Crippen molar-refractivity contribution in [3.8, 4) is 0 Å². The fourth-order valence-electron chi connectivity index (χ4n) is 9.93. The van der Waals surface area contributed by atoms with E-state index in [9.17, 15) is 19.5 Å². The highest BCUT2D eigenvalue weighted by Crippen LogP contribution is 2.17. The molecule has 0 bridgehead atoms. The van der Waals surface area contributed by atoms with Crippen LogP contribution in [0.5, 0.6) is 0 Å². The number of esters is 2. The molecular weight excluding hydrogens is 1100 g/mol. The average molecular weight is 1240 g/mol. The molecule has 9 nitrogen and oxygen atoms in total. The van der Waals surface area contributed by atoms with Crippen LogP contribution in [-0.2, 0) is 33.3 Å². The van der Waals surface area contributed by atoms with Gasteiger partial charge in [0.25, 0.3) is 6.29 Å². The first-order valence-corrected chi connectivity index (χ1v) is 36.3. The molecule has 0 radical (unpaired) electrons. The van der Waals surface area contributed by atoms with Crippen LogP contribution in [0.3, 0.4) is 0 Å². The Kier molecular flexibility index (Phi) is 65.8. The Balaban J connectivity index is 4.10. The van der Waals surface area contributed by atoms with Crippen LogP contribution in [0, 0.1) is 0 Å². The van der Waals surface area contributed by atoms with E-state index in [-0.39, 0.29) is 32.2 Å². The number of hydrogen-bond acceptors (Lipinski definition) is 7. The van der Waals surface area contributed by atoms with Gasteiger partial charge >= 0.3 is 17.9 Å². The number of ether oxygens (including phenoxy) is 4. The highest BCUT2D eigenvalue weighted by Gasteiger charge is 2.25. The van der Waals surface area contributed by atoms with Gasteiger partial charge in [-0.1, -0.05) is 308 Å². The largest absolute Gasteiger partial charge is 0.477 e. The molecule has 0 aliphatic rings. The van der Waals surface area contributed by atoms with Crippen molar-refractivity contribution in [1.82, 2.24) is 0 Å². The van der Waals surface area contributed by atoms with E-state index in [2.05, 4.69) is 148 Å². The van der Waals surface area contributed by atoms with Crippen molar-refractivity contribution in [3.63, 3.8) is 0 Å². The van der Waals surface area contributed by atoms with Gasteiger partial charge in [0.05, 0.1) is 34.4 Å². The number of allylic oxidation sites excluding steroid dienone is 22. The summed E-state index contributed by atoms with van der Waals surface area (Å²) in [4.78, 5) is 37.7. The summed E-state index contributed by atoms with van der Waals surface area (Å²) in [5, 5.41) is 9.76. The van der Waals surface area contributed by atoms with Gasteiger partial charge in [0, 0.05) is 12.8 Å². The lowest BCUT2D eigenvalue weighted by Gasteiger charge is -2.25. The molecule has 1 N–H and O–H groups in total. The number of carbonyl (C=O) groups is 3. The van der Waals surface area contributed by atoms with Crippen molar-refractivity contribution in [2.45, 2.75) is 309 Å². The molecule has 0 amide bonds. The fourth-order valence-corrected chi connectivity index (χ4v) is 9.93. The Morgan fingerprint density at radius 2 is 0.607 bits per heavy atom. The molecule has 0 heterocycles. The summed E-state index contributed by atoms with van der Waals surface area (Å²) in [6.07, 6.45) is 97.1. The van der Waals surface area contributed by atoms with Gasteiger partial charge in [-0.05, 0) is 109 Å². The lowest BCUT2D eigenvalue weighted by molar-refractivity contribution is -0.870. The Morgan fingerprint density at radius 1 is 0.337 bits per heavy atom. The highest BCUT2D eigenvalue weighted by molar-refractivity contribution is 5.71. The number of carboxylic acids is 1. The van der Waals surface area contributed by atoms with Gasteiger partial charge in [-0.25, -0.2) is 4.79 Å². The van der Waals surface area contributed by atoms with Crippen molar-refractivity contribution in [2.75, 3.05) is 47.5 Å². The molecule has 508 valence electrons. The van der Waals surface area contributed by atoms with Crippen LogP contribution in [0.4, 0.5) is 0 Å². The molecular formula is C80H136NO8+. The summed E-state index contributed by atoms with van der Waals surface area (Å²) in [5.74, 6) is -2.00. The summed E-state index contributed by atoms with van der Waals surface area (Å²) in [5.41, 5.74) is 0. The summed E-state index contributed by atoms with van der Waals surface area (Å²) in [6.45, 7) is 4.67. The molecule has 0 aromatic carbocycles. The monoisotopic (exact) mass is 1240 g/mol. The van der Waals surface area contributed by atoms with Crippen LogP contribution >= 0.6 is 0 Å². The van der Waals surface area contributed by atoms with E-state index in [1.54, 1.807) is 0 Å². The maximum absolute atomic E-state index is 13.0. The highest BCUT2D eigenvalue weighted by atomic mass is 16.7. The Morgan fingerprint density at radius 3 is 0.899 bits per heavy atom. The van der Waals surface area contributed by atoms with Crippen LogP contribution in [0.2, 0.25) is 0 Å². The number of rotatable bonds is 66. The molecule has 0 rings (SSSR count). The van der Waals surface area contributed by atoms with Crippen molar-refractivity contribution in [3.05, 3.63) is 134 Å². The molecule has 9 heteroatoms. The summed E-state index contributed by atoms with van der Waals surface area (Å²) in [7, 11) is 5.98. The number of nitrogens with zero attached hydrogens (tertiary/aromatic N) is 1. The van der Waals surface area contributed by atoms with E-state index in [1.165, 1.54) is 161 Å². The van der Waals surface area contributed by atoms with Gasteiger partial charge in [0.2, 0.25) is 0 Å². The summed E-state index contributed by atoms with van der Waals surface area (Å²) >= 11 is 0. The second-order valence-electron chi connectivity index (χ2n) is 25.1. The third-order valence-electron chi connectivity index (χ3n) is 15.4. The predicted octanol–water partition coefficient (Wildman–Crippen LogP) is 22.9. The van der Waals surface area contributed by atoms with Crippen molar-refractivity contribution in [2.24, 2.45) is 0 Å². The molecule has 0 aromatic heterocycles. The normalized spacial score (nSPS) is 13.5. The predicted molar refractivity (Wildman–Crippen MR) is 382 cm³/mol. The minimum atomic E-state index is -1.52. The molecule has 0 aromatic rings. The van der Waals surface area contributed by atoms with Crippen molar-refractivity contribution in [1.29, 1.82) is 0 Å². The van der Waals surface area contributed by atoms with Gasteiger partial charge in [0.15, 0.2) is 6.10 Å². The Hall–Kier alpha value is -4.57. The third-order valence-corrected chi connectivity index (χ3v) is 15.4. The zero-order valence-electron chi connectivity index (χ0n) is 58.0. The number of unbranched alkanes of at least 4 members (excludes halogenated alkanes) is 29. The minimum absolute atomic E-state index is 0.183. The van der Waals surface area contributed by atoms with Crippen LogP contribution in [0.1, 0.15) is 296 Å². The molecule has 0 spiro atoms. The first kappa shape index (κ1) is 84.4. The third kappa shape index (κ3) is 70.7. The second kappa shape index (κ2) is 69.3. The number of carboxylic acid groups (broad SMARTS) is 1. The maximum atomic E-state index is 13.0. The molecule has 2 atom stereocenters. The SMILES string of the molecule is CC/C=C\C/C=C\C/C=C\C/C=C\C/C=C\C/C=C\C/C=C\CCCCCCCCCCCCCCCCCC(=O)OC(COC(=O)CCCCCCCCCCCCCCCC/C=C\C/C=C\C/C=C\C/C=C\CC)COC(OCC[N+](C)(C)C)C(=O)O. The van der Waals surface area contributed by atoms with E-state index >= 15 is 0 Å². The van der Waals surface area contributed by atoms with E-state index in [1.807, 2.05) is 21.1 Å². The fraction of sp³-hybridized carbons (Fsp3) is 0.688. The topological polar surface area (TPSA) is 108 Å². The van der Waals surface area contributed by atoms with Crippen LogP contribution in [0.25, 0.3) is 0 Å². The van der Waals surface area contributed by atoms with Gasteiger partial charge in [-0.3, -0.25) is 9.59 Å². The van der Waals surface area contributed by atoms with Gasteiger partial charge in [0.1, 0.15) is 13.2 Å². The minimum Gasteiger partial charge on any atom is -0.477 e. The maximum Gasteiger partial charge on any atom is 0.361 e. The molecule has 0 saturated heterocycles. The number of hydrogen-bond donors (Lipinski definition) is 1. The second-order valence-corrected chi connectivity index (χ2v) is 25.1. The Labute approximate surface area is 548 Å². The van der Waals surface area contributed by atoms with Crippen LogP contribution < -0.4 is 0 Å². The molecule has 89 heavy (non-hydrogen) atoms. The number of carbonyl (C=O) groups excluding carboxylic acids is 2. The van der Waals surface area contributed by atoms with E-state index in [0.717, 1.165) is 109 Å². The molecule has 2 unspecified atom stereocenters. The molecule has 0 aliphatic carbocycles. The standard InChI is InChI=1S/C80H135NO8/c1-6-8-10-12-14-16-18-20-22-24-26-28-30-32-34-35-36-37-38-39-40-41-42-43-45-47-49-51-53-55-57-59-61-63-65-67-69-71-78(83)89-76(75-88-80(79(84)85)86-73-72-81(3,4)5)74-87-77(82)70-68-66-64-62-60-58-56-54-52-50-48-46-44-33-31-29-27-25-23-21-19-17-15-13-11-9-7-2/h8-11,14-17,20-23,26-29,32,34,36-37,39-40,76,80H,6-7,12-13,18-19,24-25,30-31,33,35,38,41-75H2,1-5H3/p+1/b10-8-,11-9-,16-14-,17-15-,22-20-,23-21-,28-26-,29-27-,34-32-,37-36-,40-39-. The average Bonchev–Trinajstić information content (AvgIpc) is 3.70. The quantitative estimate of drug-likeness (QED) is 0.0211. The number of likely N-dealkylation sites (N-methyl/N-ethyl adjacent to an activating group) is 1. The van der Waals surface area contributed by atoms with Crippen molar-refractivity contribution >= 4 is 17.9 Å². The zero-order valence-corrected chi connectivity index (χ0v) is 58.0. The van der Waals surface area contributed by atoms with Crippen LogP contribution in [0.15, 0.2) is 134 Å². The van der Waals surface area contributed by atoms with Crippen molar-refractivity contribution < 1.29 is 42.9 Å². The van der Waals surface area contributed by atoms with Gasteiger partial charge < -0.3 is 28.5 Å². The first-order chi connectivity index (χ1) is 43.6. The summed E-state index contributed by atoms with van der Waals surface area (Å²) in [6, 6.07) is 0. The lowest BCUT2D eigenvalue weighted by atomic mass is 10.0. The summed E-state index contributed by atoms with van der Waals surface area (Å²) < 4.78 is 23.0. The number of quaternary nitrogens is 1. The molecule has 0 fully saturated rings.